The Kier molecular flexibility index (Phi) is 3.43. The van der Waals surface area contributed by atoms with Crippen molar-refractivity contribution < 1.29 is 5.11 Å². The van der Waals surface area contributed by atoms with Crippen molar-refractivity contribution in [3.63, 3.8) is 0 Å². The highest BCUT2D eigenvalue weighted by Gasteiger charge is 2.04. The van der Waals surface area contributed by atoms with Crippen molar-refractivity contribution in [3.8, 4) is 0 Å². The minimum absolute atomic E-state index is 0.117. The van der Waals surface area contributed by atoms with Gasteiger partial charge in [0.2, 0.25) is 0 Å². The zero-order valence-electron chi connectivity index (χ0n) is 8.27. The molecule has 0 atom stereocenters. The van der Waals surface area contributed by atoms with Crippen molar-refractivity contribution in [2.45, 2.75) is 13.2 Å². The Hall–Kier alpha value is -1.10. The number of nitrogens with zero attached hydrogens (tertiary/aromatic N) is 3. The molecule has 1 aromatic carbocycles. The van der Waals surface area contributed by atoms with Crippen LogP contribution in [-0.4, -0.2) is 20.1 Å². The van der Waals surface area contributed by atoms with Crippen molar-refractivity contribution in [2.75, 3.05) is 0 Å². The molecule has 0 amide bonds. The van der Waals surface area contributed by atoms with E-state index < -0.39 is 0 Å². The number of hydrogen-bond acceptors (Lipinski definition) is 3. The van der Waals surface area contributed by atoms with E-state index in [2.05, 4.69) is 10.3 Å². The molecular formula is C10H9Cl2N3O. The van der Waals surface area contributed by atoms with E-state index in [4.69, 9.17) is 28.3 Å². The van der Waals surface area contributed by atoms with Gasteiger partial charge in [-0.25, -0.2) is 4.68 Å². The lowest BCUT2D eigenvalue weighted by Gasteiger charge is -2.03. The zero-order valence-corrected chi connectivity index (χ0v) is 9.78. The van der Waals surface area contributed by atoms with Crippen LogP contribution in [0.5, 0.6) is 0 Å². The van der Waals surface area contributed by atoms with E-state index in [-0.39, 0.29) is 6.61 Å². The minimum atomic E-state index is -0.117. The van der Waals surface area contributed by atoms with Gasteiger partial charge in [0.15, 0.2) is 0 Å². The van der Waals surface area contributed by atoms with Gasteiger partial charge in [-0.2, -0.15) is 0 Å². The van der Waals surface area contributed by atoms with Gasteiger partial charge in [-0.3, -0.25) is 0 Å². The molecule has 0 aliphatic rings. The van der Waals surface area contributed by atoms with Gasteiger partial charge in [0.25, 0.3) is 0 Å². The van der Waals surface area contributed by atoms with E-state index in [9.17, 15) is 0 Å². The zero-order chi connectivity index (χ0) is 11.5. The molecule has 1 N–H and O–H groups in total. The van der Waals surface area contributed by atoms with Crippen molar-refractivity contribution in [1.29, 1.82) is 0 Å². The third-order valence-corrected chi connectivity index (χ3v) is 2.68. The van der Waals surface area contributed by atoms with E-state index >= 15 is 0 Å². The molecule has 0 saturated carbocycles. The van der Waals surface area contributed by atoms with Crippen LogP contribution in [0, 0.1) is 0 Å². The standard InChI is InChI=1S/C10H9Cl2N3O/c11-8-2-1-7(10(12)3-8)4-15-5-9(6-16)13-14-15/h1-3,5,16H,4,6H2. The van der Waals surface area contributed by atoms with Gasteiger partial charge in [-0.05, 0) is 17.7 Å². The lowest BCUT2D eigenvalue weighted by Crippen LogP contribution is -2.01. The Labute approximate surface area is 102 Å². The van der Waals surface area contributed by atoms with Crippen LogP contribution in [-0.2, 0) is 13.2 Å². The normalized spacial score (nSPS) is 10.7. The van der Waals surface area contributed by atoms with Gasteiger partial charge >= 0.3 is 0 Å². The predicted octanol–water partition coefficient (Wildman–Crippen LogP) is 2.13. The van der Waals surface area contributed by atoms with Crippen LogP contribution in [0.25, 0.3) is 0 Å². The summed E-state index contributed by atoms with van der Waals surface area (Å²) >= 11 is 11.8. The first kappa shape index (κ1) is 11.4. The van der Waals surface area contributed by atoms with Crippen molar-refractivity contribution in [3.05, 3.63) is 45.7 Å². The first-order valence-electron chi connectivity index (χ1n) is 4.63. The molecule has 0 radical (unpaired) electrons. The fourth-order valence-electron chi connectivity index (χ4n) is 1.31. The lowest BCUT2D eigenvalue weighted by atomic mass is 10.2. The number of hydrogen-bond donors (Lipinski definition) is 1. The van der Waals surface area contributed by atoms with E-state index in [1.54, 1.807) is 23.0 Å². The topological polar surface area (TPSA) is 50.9 Å². The summed E-state index contributed by atoms with van der Waals surface area (Å²) in [5.41, 5.74) is 1.44. The summed E-state index contributed by atoms with van der Waals surface area (Å²) in [5.74, 6) is 0. The maximum Gasteiger partial charge on any atom is 0.108 e. The molecule has 1 aromatic heterocycles. The first-order valence-corrected chi connectivity index (χ1v) is 5.38. The van der Waals surface area contributed by atoms with E-state index in [0.29, 0.717) is 22.3 Å². The third kappa shape index (κ3) is 2.52. The second-order valence-electron chi connectivity index (χ2n) is 3.30. The molecule has 84 valence electrons. The molecule has 2 rings (SSSR count). The number of aliphatic hydroxyl groups excluding tert-OH is 1. The molecule has 0 fully saturated rings. The van der Waals surface area contributed by atoms with Gasteiger partial charge in [0.1, 0.15) is 5.69 Å². The van der Waals surface area contributed by atoms with Crippen LogP contribution in [0.4, 0.5) is 0 Å². The molecule has 0 saturated heterocycles. The van der Waals surface area contributed by atoms with Gasteiger partial charge in [0, 0.05) is 10.0 Å². The monoisotopic (exact) mass is 257 g/mol. The summed E-state index contributed by atoms with van der Waals surface area (Å²) in [6.45, 7) is 0.386. The maximum absolute atomic E-state index is 8.85. The SMILES string of the molecule is OCc1cn(Cc2ccc(Cl)cc2Cl)nn1. The van der Waals surface area contributed by atoms with Crippen molar-refractivity contribution in [2.24, 2.45) is 0 Å². The average Bonchev–Trinajstić information content (AvgIpc) is 2.70. The van der Waals surface area contributed by atoms with Gasteiger partial charge in [-0.15, -0.1) is 5.10 Å². The van der Waals surface area contributed by atoms with Crippen LogP contribution in [0.1, 0.15) is 11.3 Å². The fourth-order valence-corrected chi connectivity index (χ4v) is 1.78. The predicted molar refractivity (Wildman–Crippen MR) is 61.5 cm³/mol. The number of aliphatic hydroxyl groups is 1. The van der Waals surface area contributed by atoms with E-state index in [1.165, 1.54) is 0 Å². The molecule has 16 heavy (non-hydrogen) atoms. The largest absolute Gasteiger partial charge is 0.390 e. The molecule has 4 nitrogen and oxygen atoms in total. The van der Waals surface area contributed by atoms with Crippen molar-refractivity contribution >= 4 is 23.2 Å². The smallest absolute Gasteiger partial charge is 0.108 e. The lowest BCUT2D eigenvalue weighted by molar-refractivity contribution is 0.276. The van der Waals surface area contributed by atoms with Gasteiger partial charge < -0.3 is 5.11 Å². The molecule has 0 aliphatic heterocycles. The second kappa shape index (κ2) is 4.82. The Morgan fingerprint density at radius 3 is 2.75 bits per heavy atom. The maximum atomic E-state index is 8.85. The summed E-state index contributed by atoms with van der Waals surface area (Å²) < 4.78 is 1.61. The molecule has 1 heterocycles. The van der Waals surface area contributed by atoms with Crippen LogP contribution in [0.15, 0.2) is 24.4 Å². The molecule has 2 aromatic rings. The molecule has 0 spiro atoms. The minimum Gasteiger partial charge on any atom is -0.390 e. The second-order valence-corrected chi connectivity index (χ2v) is 4.14. The number of aromatic nitrogens is 3. The molecule has 0 bridgehead atoms. The summed E-state index contributed by atoms with van der Waals surface area (Å²) in [4.78, 5) is 0. The average molecular weight is 258 g/mol. The molecule has 6 heteroatoms. The summed E-state index contributed by atoms with van der Waals surface area (Å²) in [5, 5.41) is 17.7. The Morgan fingerprint density at radius 1 is 1.31 bits per heavy atom. The van der Waals surface area contributed by atoms with Crippen LogP contribution in [0.3, 0.4) is 0 Å². The molecule has 0 aliphatic carbocycles. The van der Waals surface area contributed by atoms with Gasteiger partial charge in [0.05, 0.1) is 19.3 Å². The van der Waals surface area contributed by atoms with Crippen LogP contribution in [0.2, 0.25) is 10.0 Å². The van der Waals surface area contributed by atoms with E-state index in [0.717, 1.165) is 5.56 Å². The Balaban J connectivity index is 2.20. The quantitative estimate of drug-likeness (QED) is 0.917. The van der Waals surface area contributed by atoms with Crippen LogP contribution >= 0.6 is 23.2 Å². The number of rotatable bonds is 3. The fraction of sp³-hybridized carbons (Fsp3) is 0.200. The van der Waals surface area contributed by atoms with Crippen LogP contribution < -0.4 is 0 Å². The summed E-state index contributed by atoms with van der Waals surface area (Å²) in [6, 6.07) is 5.29. The summed E-state index contributed by atoms with van der Waals surface area (Å²) in [7, 11) is 0. The van der Waals surface area contributed by atoms with Crippen molar-refractivity contribution in [1.82, 2.24) is 15.0 Å². The molecular weight excluding hydrogens is 249 g/mol. The Bertz CT molecular complexity index is 499. The highest BCUT2D eigenvalue weighted by molar-refractivity contribution is 6.35. The van der Waals surface area contributed by atoms with E-state index in [1.807, 2.05) is 6.07 Å². The first-order chi connectivity index (χ1) is 7.69. The number of halogens is 2. The highest BCUT2D eigenvalue weighted by Crippen LogP contribution is 2.21. The Morgan fingerprint density at radius 2 is 2.12 bits per heavy atom. The molecule has 0 unspecified atom stereocenters. The summed E-state index contributed by atoms with van der Waals surface area (Å²) in [6.07, 6.45) is 1.67. The number of benzene rings is 1. The van der Waals surface area contributed by atoms with Gasteiger partial charge in [-0.1, -0.05) is 34.5 Å². The highest BCUT2D eigenvalue weighted by atomic mass is 35.5. The third-order valence-electron chi connectivity index (χ3n) is 2.10.